The molecular formula is C8H12ClNS2. The Bertz CT molecular complexity index is 233. The molecule has 0 spiro atoms. The molecule has 1 atom stereocenters. The summed E-state index contributed by atoms with van der Waals surface area (Å²) < 4.78 is 2.11. The third-order valence-corrected chi connectivity index (χ3v) is 4.34. The molecule has 1 nitrogen and oxygen atoms in total. The first-order valence-corrected chi connectivity index (χ1v) is 5.95. The lowest BCUT2D eigenvalue weighted by molar-refractivity contribution is 0.828. The maximum Gasteiger partial charge on any atom is 0.0940 e. The molecule has 0 saturated heterocycles. The van der Waals surface area contributed by atoms with Gasteiger partial charge in [-0.25, -0.2) is 0 Å². The second-order valence-electron chi connectivity index (χ2n) is 2.44. The minimum absolute atomic E-state index is 0.528. The Labute approximate surface area is 86.3 Å². The van der Waals surface area contributed by atoms with Crippen LogP contribution in [0.5, 0.6) is 0 Å². The van der Waals surface area contributed by atoms with Gasteiger partial charge in [-0.05, 0) is 18.6 Å². The van der Waals surface area contributed by atoms with Gasteiger partial charge in [-0.3, -0.25) is 0 Å². The van der Waals surface area contributed by atoms with Crippen LogP contribution in [0.2, 0.25) is 4.34 Å². The van der Waals surface area contributed by atoms with Crippen molar-refractivity contribution in [3.8, 4) is 0 Å². The van der Waals surface area contributed by atoms with Gasteiger partial charge in [0.1, 0.15) is 0 Å². The van der Waals surface area contributed by atoms with Crippen molar-refractivity contribution < 1.29 is 0 Å². The van der Waals surface area contributed by atoms with E-state index in [1.165, 1.54) is 4.21 Å². The second-order valence-corrected chi connectivity index (χ2v) is 5.76. The van der Waals surface area contributed by atoms with E-state index >= 15 is 0 Å². The van der Waals surface area contributed by atoms with Crippen LogP contribution in [0.3, 0.4) is 0 Å². The monoisotopic (exact) mass is 221 g/mol. The molecule has 1 rings (SSSR count). The molecule has 1 aromatic heterocycles. The van der Waals surface area contributed by atoms with E-state index in [2.05, 4.69) is 13.0 Å². The number of rotatable bonds is 4. The first-order chi connectivity index (χ1) is 5.76. The molecule has 1 unspecified atom stereocenters. The van der Waals surface area contributed by atoms with Crippen molar-refractivity contribution in [2.45, 2.75) is 22.8 Å². The third-order valence-electron chi connectivity index (χ3n) is 1.55. The largest absolute Gasteiger partial charge is 0.329 e. The highest BCUT2D eigenvalue weighted by Gasteiger charge is 2.07. The zero-order chi connectivity index (χ0) is 8.97. The topological polar surface area (TPSA) is 26.0 Å². The molecule has 0 bridgehead atoms. The molecule has 0 amide bonds. The van der Waals surface area contributed by atoms with Crippen molar-refractivity contribution in [2.24, 2.45) is 5.73 Å². The van der Waals surface area contributed by atoms with Crippen molar-refractivity contribution in [2.75, 3.05) is 6.54 Å². The number of hydrogen-bond donors (Lipinski definition) is 1. The molecule has 0 fully saturated rings. The quantitative estimate of drug-likeness (QED) is 0.791. The van der Waals surface area contributed by atoms with Crippen LogP contribution in [0.25, 0.3) is 0 Å². The van der Waals surface area contributed by atoms with Crippen LogP contribution < -0.4 is 5.73 Å². The average molecular weight is 222 g/mol. The Morgan fingerprint density at radius 2 is 2.42 bits per heavy atom. The molecule has 68 valence electrons. The number of nitrogens with two attached hydrogens (primary N) is 1. The van der Waals surface area contributed by atoms with Gasteiger partial charge in [0, 0.05) is 11.8 Å². The molecule has 0 aliphatic heterocycles. The summed E-state index contributed by atoms with van der Waals surface area (Å²) in [5, 5.41) is 0.528. The predicted molar refractivity (Wildman–Crippen MR) is 58.3 cm³/mol. The fraction of sp³-hybridized carbons (Fsp3) is 0.500. The number of hydrogen-bond acceptors (Lipinski definition) is 3. The number of thioether (sulfide) groups is 1. The van der Waals surface area contributed by atoms with Gasteiger partial charge in [-0.2, -0.15) is 0 Å². The Hall–Kier alpha value is 0.300. The molecule has 0 radical (unpaired) electrons. The van der Waals surface area contributed by atoms with Crippen LogP contribution in [0.1, 0.15) is 13.3 Å². The van der Waals surface area contributed by atoms with Crippen molar-refractivity contribution in [1.82, 2.24) is 0 Å². The lowest BCUT2D eigenvalue weighted by Gasteiger charge is -2.08. The van der Waals surface area contributed by atoms with Crippen LogP contribution in [0.4, 0.5) is 0 Å². The van der Waals surface area contributed by atoms with Crippen LogP contribution in [-0.2, 0) is 0 Å². The van der Waals surface area contributed by atoms with Gasteiger partial charge >= 0.3 is 0 Å². The summed E-state index contributed by atoms with van der Waals surface area (Å²) in [5.41, 5.74) is 5.59. The molecule has 1 aromatic rings. The fourth-order valence-electron chi connectivity index (χ4n) is 0.823. The molecule has 1 heterocycles. The van der Waals surface area contributed by atoms with Crippen LogP contribution in [-0.4, -0.2) is 11.8 Å². The van der Waals surface area contributed by atoms with Crippen molar-refractivity contribution in [1.29, 1.82) is 0 Å². The van der Waals surface area contributed by atoms with Gasteiger partial charge in [0.15, 0.2) is 0 Å². The normalized spacial score (nSPS) is 13.2. The lowest BCUT2D eigenvalue weighted by atomic mass is 10.3. The van der Waals surface area contributed by atoms with Gasteiger partial charge in [-0.1, -0.05) is 18.5 Å². The predicted octanol–water partition coefficient (Wildman–Crippen LogP) is 3.23. The Morgan fingerprint density at radius 1 is 1.67 bits per heavy atom. The van der Waals surface area contributed by atoms with Gasteiger partial charge in [0.05, 0.1) is 8.55 Å². The van der Waals surface area contributed by atoms with Gasteiger partial charge in [0.2, 0.25) is 0 Å². The Morgan fingerprint density at radius 3 is 2.83 bits per heavy atom. The third kappa shape index (κ3) is 2.98. The standard InChI is InChI=1S/C8H12ClNS2/c1-2-6(5-10)11-8-4-3-7(9)12-8/h3-4,6H,2,5,10H2,1H3. The van der Waals surface area contributed by atoms with E-state index in [1.54, 1.807) is 11.3 Å². The van der Waals surface area contributed by atoms with E-state index in [1.807, 2.05) is 17.8 Å². The highest BCUT2D eigenvalue weighted by molar-refractivity contribution is 8.01. The molecule has 0 aliphatic rings. The summed E-state index contributed by atoms with van der Waals surface area (Å²) in [7, 11) is 0. The Kier molecular flexibility index (Phi) is 4.43. The second kappa shape index (κ2) is 5.12. The molecule has 12 heavy (non-hydrogen) atoms. The zero-order valence-corrected chi connectivity index (χ0v) is 9.31. The number of thiophene rings is 1. The summed E-state index contributed by atoms with van der Waals surface area (Å²) in [5.74, 6) is 0. The smallest absolute Gasteiger partial charge is 0.0940 e. The zero-order valence-electron chi connectivity index (χ0n) is 6.92. The SMILES string of the molecule is CCC(CN)Sc1ccc(Cl)s1. The molecule has 0 aliphatic carbocycles. The van der Waals surface area contributed by atoms with E-state index < -0.39 is 0 Å². The Balaban J connectivity index is 2.50. The van der Waals surface area contributed by atoms with Crippen molar-refractivity contribution in [3.05, 3.63) is 16.5 Å². The van der Waals surface area contributed by atoms with Gasteiger partial charge < -0.3 is 5.73 Å². The summed E-state index contributed by atoms with van der Waals surface area (Å²) in [6.45, 7) is 2.89. The summed E-state index contributed by atoms with van der Waals surface area (Å²) >= 11 is 9.24. The van der Waals surface area contributed by atoms with E-state index in [0.717, 1.165) is 17.3 Å². The summed E-state index contributed by atoms with van der Waals surface area (Å²) in [6.07, 6.45) is 1.11. The van der Waals surface area contributed by atoms with E-state index in [4.69, 9.17) is 17.3 Å². The molecule has 0 saturated carbocycles. The van der Waals surface area contributed by atoms with E-state index in [0.29, 0.717) is 5.25 Å². The minimum Gasteiger partial charge on any atom is -0.329 e. The molecule has 0 aromatic carbocycles. The fourth-order valence-corrected chi connectivity index (χ4v) is 3.35. The van der Waals surface area contributed by atoms with E-state index in [9.17, 15) is 0 Å². The lowest BCUT2D eigenvalue weighted by Crippen LogP contribution is -2.14. The van der Waals surface area contributed by atoms with Crippen LogP contribution in [0, 0.1) is 0 Å². The maximum atomic E-state index is 5.80. The van der Waals surface area contributed by atoms with Crippen molar-refractivity contribution >= 4 is 34.7 Å². The highest BCUT2D eigenvalue weighted by Crippen LogP contribution is 2.33. The summed E-state index contributed by atoms with van der Waals surface area (Å²) in [4.78, 5) is 0. The highest BCUT2D eigenvalue weighted by atomic mass is 35.5. The van der Waals surface area contributed by atoms with Gasteiger partial charge in [0.25, 0.3) is 0 Å². The number of halogens is 1. The minimum atomic E-state index is 0.528. The van der Waals surface area contributed by atoms with Crippen molar-refractivity contribution in [3.63, 3.8) is 0 Å². The molecular weight excluding hydrogens is 210 g/mol. The molecule has 2 N–H and O–H groups in total. The first-order valence-electron chi connectivity index (χ1n) is 3.88. The average Bonchev–Trinajstić information content (AvgIpc) is 2.47. The summed E-state index contributed by atoms with van der Waals surface area (Å²) in [6, 6.07) is 3.98. The van der Waals surface area contributed by atoms with Crippen LogP contribution >= 0.6 is 34.7 Å². The molecule has 4 heteroatoms. The van der Waals surface area contributed by atoms with Crippen LogP contribution in [0.15, 0.2) is 16.3 Å². The van der Waals surface area contributed by atoms with Gasteiger partial charge in [-0.15, -0.1) is 23.1 Å². The van der Waals surface area contributed by atoms with E-state index in [-0.39, 0.29) is 0 Å². The maximum absolute atomic E-state index is 5.80. The first kappa shape index (κ1) is 10.4.